The van der Waals surface area contributed by atoms with Gasteiger partial charge >= 0.3 is 10.3 Å². The van der Waals surface area contributed by atoms with E-state index in [9.17, 15) is 13.5 Å². The van der Waals surface area contributed by atoms with Crippen LogP contribution in [0.15, 0.2) is 11.8 Å². The zero-order valence-electron chi connectivity index (χ0n) is 19.8. The maximum absolute atomic E-state index is 11.2. The van der Waals surface area contributed by atoms with Gasteiger partial charge in [-0.2, -0.15) is 8.42 Å². The molecule has 5 nitrogen and oxygen atoms in total. The summed E-state index contributed by atoms with van der Waals surface area (Å²) in [6, 6.07) is 0. The minimum Gasteiger partial charge on any atom is -0.390 e. The van der Waals surface area contributed by atoms with Crippen molar-refractivity contribution in [1.29, 1.82) is 0 Å². The molecule has 0 bridgehead atoms. The first-order valence-corrected chi connectivity index (χ1v) is 14.0. The highest BCUT2D eigenvalue weighted by atomic mass is 32.2. The summed E-state index contributed by atoms with van der Waals surface area (Å²) in [5.41, 5.74) is 0.556. The molecule has 0 spiro atoms. The quantitative estimate of drug-likeness (QED) is 0.475. The van der Waals surface area contributed by atoms with Crippen molar-refractivity contribution in [1.82, 2.24) is 4.72 Å². The smallest absolute Gasteiger partial charge is 0.357 e. The predicted molar refractivity (Wildman–Crippen MR) is 123 cm³/mol. The standard InChI is InChI=1S/C25H43NO4S/c1-16(11-13-24(2,3)27)22-9-10-23-21-7-5-17-15-18(26-31(28,29)30)6-8-19(17)20(21)12-14-25(22,23)4/h15-17,19-23,26-27H,5-14H2,1-4H3,(H,28,29,30). The van der Waals surface area contributed by atoms with Gasteiger partial charge in [0.05, 0.1) is 5.60 Å². The molecule has 178 valence electrons. The highest BCUT2D eigenvalue weighted by molar-refractivity contribution is 7.83. The highest BCUT2D eigenvalue weighted by Gasteiger charge is 2.57. The van der Waals surface area contributed by atoms with Crippen LogP contribution in [0.1, 0.15) is 91.9 Å². The fourth-order valence-electron chi connectivity index (χ4n) is 8.49. The van der Waals surface area contributed by atoms with Crippen molar-refractivity contribution >= 4 is 10.3 Å². The van der Waals surface area contributed by atoms with Crippen molar-refractivity contribution < 1.29 is 18.1 Å². The summed E-state index contributed by atoms with van der Waals surface area (Å²) < 4.78 is 33.9. The lowest BCUT2D eigenvalue weighted by Gasteiger charge is -2.56. The minimum atomic E-state index is -4.17. The molecule has 8 atom stereocenters. The van der Waals surface area contributed by atoms with Gasteiger partial charge in [0.1, 0.15) is 0 Å². The fraction of sp³-hybridized carbons (Fsp3) is 0.920. The Morgan fingerprint density at radius 3 is 2.55 bits per heavy atom. The molecular weight excluding hydrogens is 410 g/mol. The SMILES string of the molecule is CC(CCC(C)(C)O)C1CCC2C3CCC4C=C(NS(=O)(=O)O)CCC4C3CCC12C. The molecule has 6 heteroatoms. The lowest BCUT2D eigenvalue weighted by atomic mass is 9.49. The molecule has 0 aliphatic heterocycles. The molecule has 3 fully saturated rings. The summed E-state index contributed by atoms with van der Waals surface area (Å²) in [4.78, 5) is 0. The first kappa shape index (κ1) is 23.6. The molecule has 3 saturated carbocycles. The van der Waals surface area contributed by atoms with Gasteiger partial charge in [0, 0.05) is 5.70 Å². The Balaban J connectivity index is 1.44. The third-order valence-corrected chi connectivity index (χ3v) is 10.3. The van der Waals surface area contributed by atoms with Gasteiger partial charge in [-0.1, -0.05) is 19.9 Å². The van der Waals surface area contributed by atoms with E-state index in [4.69, 9.17) is 4.55 Å². The Morgan fingerprint density at radius 1 is 1.13 bits per heavy atom. The van der Waals surface area contributed by atoms with Crippen LogP contribution in [0.4, 0.5) is 0 Å². The van der Waals surface area contributed by atoms with Crippen LogP contribution in [-0.2, 0) is 10.3 Å². The maximum atomic E-state index is 11.2. The van der Waals surface area contributed by atoms with Crippen LogP contribution in [0.2, 0.25) is 0 Å². The van der Waals surface area contributed by atoms with E-state index < -0.39 is 15.9 Å². The van der Waals surface area contributed by atoms with Crippen molar-refractivity contribution in [3.63, 3.8) is 0 Å². The lowest BCUT2D eigenvalue weighted by Crippen LogP contribution is -2.48. The van der Waals surface area contributed by atoms with E-state index >= 15 is 0 Å². The van der Waals surface area contributed by atoms with Gasteiger partial charge in [-0.3, -0.25) is 9.27 Å². The molecule has 4 rings (SSSR count). The van der Waals surface area contributed by atoms with Crippen LogP contribution in [0, 0.1) is 46.8 Å². The van der Waals surface area contributed by atoms with Crippen molar-refractivity contribution in [2.24, 2.45) is 46.8 Å². The fourth-order valence-corrected chi connectivity index (χ4v) is 8.99. The molecule has 0 aromatic rings. The summed E-state index contributed by atoms with van der Waals surface area (Å²) in [5, 5.41) is 10.2. The van der Waals surface area contributed by atoms with E-state index in [1.165, 1.54) is 32.1 Å². The van der Waals surface area contributed by atoms with Crippen molar-refractivity contribution in [2.45, 2.75) is 97.5 Å². The van der Waals surface area contributed by atoms with Crippen LogP contribution in [0.25, 0.3) is 0 Å². The Morgan fingerprint density at radius 2 is 1.87 bits per heavy atom. The molecule has 3 N–H and O–H groups in total. The third-order valence-electron chi connectivity index (χ3n) is 9.82. The molecule has 4 aliphatic carbocycles. The number of fused-ring (bicyclic) bond motifs is 5. The number of hydrogen-bond acceptors (Lipinski definition) is 3. The monoisotopic (exact) mass is 453 g/mol. The number of hydrogen-bond donors (Lipinski definition) is 3. The van der Waals surface area contributed by atoms with Gasteiger partial charge in [0.15, 0.2) is 0 Å². The Hall–Kier alpha value is -0.590. The number of nitrogens with one attached hydrogen (secondary N) is 1. The largest absolute Gasteiger partial charge is 0.390 e. The first-order chi connectivity index (χ1) is 14.4. The van der Waals surface area contributed by atoms with Crippen LogP contribution >= 0.6 is 0 Å². The number of aliphatic hydroxyl groups is 1. The third kappa shape index (κ3) is 4.86. The summed E-state index contributed by atoms with van der Waals surface area (Å²) in [7, 11) is -4.17. The second-order valence-corrected chi connectivity index (χ2v) is 13.4. The second-order valence-electron chi connectivity index (χ2n) is 12.2. The summed E-state index contributed by atoms with van der Waals surface area (Å²) in [6.45, 7) is 8.85. The lowest BCUT2D eigenvalue weighted by molar-refractivity contribution is -0.0578. The maximum Gasteiger partial charge on any atom is 0.357 e. The first-order valence-electron chi connectivity index (χ1n) is 12.6. The molecular formula is C25H43NO4S. The van der Waals surface area contributed by atoms with Crippen molar-refractivity contribution in [3.8, 4) is 0 Å². The zero-order valence-corrected chi connectivity index (χ0v) is 20.6. The van der Waals surface area contributed by atoms with Crippen LogP contribution < -0.4 is 4.72 Å². The number of rotatable bonds is 6. The molecule has 4 aliphatic rings. The van der Waals surface area contributed by atoms with Crippen molar-refractivity contribution in [3.05, 3.63) is 11.8 Å². The molecule has 0 aromatic heterocycles. The van der Waals surface area contributed by atoms with Crippen molar-refractivity contribution in [2.75, 3.05) is 0 Å². The topological polar surface area (TPSA) is 86.6 Å². The molecule has 8 unspecified atom stereocenters. The van der Waals surface area contributed by atoms with E-state index in [1.54, 1.807) is 0 Å². The van der Waals surface area contributed by atoms with Crippen LogP contribution in [0.5, 0.6) is 0 Å². The Kier molecular flexibility index (Phi) is 6.33. The van der Waals surface area contributed by atoms with E-state index in [0.717, 1.165) is 55.8 Å². The van der Waals surface area contributed by atoms with Crippen LogP contribution in [-0.4, -0.2) is 23.7 Å². The van der Waals surface area contributed by atoms with E-state index in [-0.39, 0.29) is 0 Å². The van der Waals surface area contributed by atoms with E-state index in [1.807, 2.05) is 13.8 Å². The normalized spacial score (nSPS) is 41.5. The average molecular weight is 454 g/mol. The van der Waals surface area contributed by atoms with E-state index in [2.05, 4.69) is 24.6 Å². The zero-order chi connectivity index (χ0) is 22.6. The highest BCUT2D eigenvalue weighted by Crippen LogP contribution is 2.65. The predicted octanol–water partition coefficient (Wildman–Crippen LogP) is 5.33. The molecule has 0 saturated heterocycles. The summed E-state index contributed by atoms with van der Waals surface area (Å²) in [6.07, 6.45) is 13.6. The Bertz CT molecular complexity index is 801. The Labute approximate surface area is 189 Å². The van der Waals surface area contributed by atoms with Gasteiger partial charge < -0.3 is 5.11 Å². The van der Waals surface area contributed by atoms with Gasteiger partial charge in [0.2, 0.25) is 0 Å². The molecule has 0 aromatic carbocycles. The van der Waals surface area contributed by atoms with Gasteiger partial charge in [-0.15, -0.1) is 0 Å². The molecule has 0 radical (unpaired) electrons. The molecule has 0 amide bonds. The molecule has 31 heavy (non-hydrogen) atoms. The summed E-state index contributed by atoms with van der Waals surface area (Å²) >= 11 is 0. The minimum absolute atomic E-state index is 0.440. The summed E-state index contributed by atoms with van der Waals surface area (Å²) in [5.74, 6) is 4.97. The number of allylic oxidation sites excluding steroid dienone is 2. The molecule has 0 heterocycles. The van der Waals surface area contributed by atoms with Crippen LogP contribution in [0.3, 0.4) is 0 Å². The second kappa shape index (κ2) is 8.32. The van der Waals surface area contributed by atoms with Gasteiger partial charge in [-0.05, 0) is 125 Å². The van der Waals surface area contributed by atoms with Gasteiger partial charge in [0.25, 0.3) is 0 Å². The van der Waals surface area contributed by atoms with Gasteiger partial charge in [-0.25, -0.2) is 0 Å². The van der Waals surface area contributed by atoms with E-state index in [0.29, 0.717) is 28.9 Å². The average Bonchev–Trinajstić information content (AvgIpc) is 3.01.